The first kappa shape index (κ1) is 15.4. The first-order valence-electron chi connectivity index (χ1n) is 7.28. The second-order valence-corrected chi connectivity index (χ2v) is 6.70. The number of carbonyl (C=O) groups excluding carboxylic acids is 1. The predicted octanol–water partition coefficient (Wildman–Crippen LogP) is 3.53. The van der Waals surface area contributed by atoms with E-state index in [1.165, 1.54) is 5.56 Å². The highest BCUT2D eigenvalue weighted by atomic mass is 16.6. The van der Waals surface area contributed by atoms with Gasteiger partial charge in [-0.15, -0.1) is 0 Å². The SMILES string of the molecule is C[C@@H]1CN(C(=O)OC(C)(C)C)C[C@H]1c1ccc(C#N)cc1. The number of nitrogens with zero attached hydrogens (tertiary/aromatic N) is 2. The third-order valence-electron chi connectivity index (χ3n) is 3.73. The monoisotopic (exact) mass is 286 g/mol. The maximum absolute atomic E-state index is 12.1. The molecular weight excluding hydrogens is 264 g/mol. The smallest absolute Gasteiger partial charge is 0.410 e. The van der Waals surface area contributed by atoms with Gasteiger partial charge in [-0.25, -0.2) is 4.79 Å². The predicted molar refractivity (Wildman–Crippen MR) is 80.9 cm³/mol. The van der Waals surface area contributed by atoms with Crippen molar-refractivity contribution in [1.29, 1.82) is 5.26 Å². The minimum Gasteiger partial charge on any atom is -0.444 e. The second kappa shape index (κ2) is 5.77. The molecule has 1 aliphatic rings. The lowest BCUT2D eigenvalue weighted by atomic mass is 9.90. The molecular formula is C17H22N2O2. The third kappa shape index (κ3) is 3.75. The minimum absolute atomic E-state index is 0.245. The quantitative estimate of drug-likeness (QED) is 0.793. The molecule has 21 heavy (non-hydrogen) atoms. The summed E-state index contributed by atoms with van der Waals surface area (Å²) in [6.45, 7) is 9.16. The lowest BCUT2D eigenvalue weighted by molar-refractivity contribution is 0.0287. The Kier molecular flexibility index (Phi) is 4.22. The zero-order chi connectivity index (χ0) is 15.6. The molecule has 112 valence electrons. The van der Waals surface area contributed by atoms with E-state index < -0.39 is 5.60 Å². The van der Waals surface area contributed by atoms with Gasteiger partial charge in [0.2, 0.25) is 0 Å². The maximum atomic E-state index is 12.1. The van der Waals surface area contributed by atoms with E-state index in [-0.39, 0.29) is 6.09 Å². The van der Waals surface area contributed by atoms with E-state index in [1.54, 1.807) is 4.90 Å². The second-order valence-electron chi connectivity index (χ2n) is 6.70. The normalized spacial score (nSPS) is 22.0. The van der Waals surface area contributed by atoms with Gasteiger partial charge in [0.05, 0.1) is 11.6 Å². The molecule has 0 aliphatic carbocycles. The molecule has 1 heterocycles. The molecule has 2 atom stereocenters. The van der Waals surface area contributed by atoms with Crippen molar-refractivity contribution in [3.63, 3.8) is 0 Å². The van der Waals surface area contributed by atoms with Crippen molar-refractivity contribution in [2.75, 3.05) is 13.1 Å². The molecule has 0 radical (unpaired) electrons. The standard InChI is InChI=1S/C17H22N2O2/c1-12-10-19(16(20)21-17(2,3)4)11-15(12)14-7-5-13(9-18)6-8-14/h5-8,12,15H,10-11H2,1-4H3/t12-,15-/m1/s1. The molecule has 0 spiro atoms. The highest BCUT2D eigenvalue weighted by Gasteiger charge is 2.35. The first-order valence-corrected chi connectivity index (χ1v) is 7.28. The topological polar surface area (TPSA) is 53.3 Å². The van der Waals surface area contributed by atoms with Gasteiger partial charge in [-0.1, -0.05) is 19.1 Å². The summed E-state index contributed by atoms with van der Waals surface area (Å²) < 4.78 is 5.43. The molecule has 0 unspecified atom stereocenters. The number of ether oxygens (including phenoxy) is 1. The van der Waals surface area contributed by atoms with Crippen LogP contribution in [0.25, 0.3) is 0 Å². The van der Waals surface area contributed by atoms with Crippen molar-refractivity contribution in [3.05, 3.63) is 35.4 Å². The van der Waals surface area contributed by atoms with Gasteiger partial charge < -0.3 is 9.64 Å². The molecule has 1 aromatic carbocycles. The van der Waals surface area contributed by atoms with Crippen molar-refractivity contribution < 1.29 is 9.53 Å². The zero-order valence-corrected chi connectivity index (χ0v) is 13.1. The molecule has 0 bridgehead atoms. The fourth-order valence-corrected chi connectivity index (χ4v) is 2.68. The van der Waals surface area contributed by atoms with Crippen LogP contribution in [-0.4, -0.2) is 29.7 Å². The number of carbonyl (C=O) groups is 1. The van der Waals surface area contributed by atoms with E-state index in [9.17, 15) is 4.79 Å². The van der Waals surface area contributed by atoms with Crippen LogP contribution >= 0.6 is 0 Å². The van der Waals surface area contributed by atoms with Gasteiger partial charge in [0.15, 0.2) is 0 Å². The zero-order valence-electron chi connectivity index (χ0n) is 13.1. The highest BCUT2D eigenvalue weighted by Crippen LogP contribution is 2.33. The molecule has 0 saturated carbocycles. The lowest BCUT2D eigenvalue weighted by Gasteiger charge is -2.24. The first-order chi connectivity index (χ1) is 9.80. The van der Waals surface area contributed by atoms with Crippen LogP contribution in [0.15, 0.2) is 24.3 Å². The number of hydrogen-bond donors (Lipinski definition) is 0. The summed E-state index contributed by atoms with van der Waals surface area (Å²) in [7, 11) is 0. The summed E-state index contributed by atoms with van der Waals surface area (Å²) in [5, 5.41) is 8.85. The van der Waals surface area contributed by atoms with Gasteiger partial charge in [0.1, 0.15) is 5.60 Å². The average Bonchev–Trinajstić information content (AvgIpc) is 2.79. The van der Waals surface area contributed by atoms with Crippen LogP contribution in [0, 0.1) is 17.2 Å². The third-order valence-corrected chi connectivity index (χ3v) is 3.73. The fourth-order valence-electron chi connectivity index (χ4n) is 2.68. The molecule has 0 N–H and O–H groups in total. The Morgan fingerprint density at radius 3 is 2.43 bits per heavy atom. The maximum Gasteiger partial charge on any atom is 0.410 e. The van der Waals surface area contributed by atoms with Crippen LogP contribution in [0.1, 0.15) is 44.7 Å². The van der Waals surface area contributed by atoms with E-state index >= 15 is 0 Å². The van der Waals surface area contributed by atoms with Crippen molar-refractivity contribution in [3.8, 4) is 6.07 Å². The van der Waals surface area contributed by atoms with E-state index in [2.05, 4.69) is 13.0 Å². The molecule has 1 aromatic rings. The Balaban J connectivity index is 2.07. The van der Waals surface area contributed by atoms with E-state index in [1.807, 2.05) is 45.0 Å². The van der Waals surface area contributed by atoms with Gasteiger partial charge >= 0.3 is 6.09 Å². The van der Waals surface area contributed by atoms with Crippen molar-refractivity contribution in [2.24, 2.45) is 5.92 Å². The number of nitriles is 1. The van der Waals surface area contributed by atoms with Crippen LogP contribution < -0.4 is 0 Å². The number of likely N-dealkylation sites (tertiary alicyclic amines) is 1. The molecule has 1 amide bonds. The van der Waals surface area contributed by atoms with Crippen LogP contribution in [0.3, 0.4) is 0 Å². The fraction of sp³-hybridized carbons (Fsp3) is 0.529. The van der Waals surface area contributed by atoms with Gasteiger partial charge in [-0.05, 0) is 44.4 Å². The van der Waals surface area contributed by atoms with Crippen LogP contribution in [0.5, 0.6) is 0 Å². The van der Waals surface area contributed by atoms with Gasteiger partial charge in [-0.3, -0.25) is 0 Å². The van der Waals surface area contributed by atoms with E-state index in [0.29, 0.717) is 30.5 Å². The highest BCUT2D eigenvalue weighted by molar-refractivity contribution is 5.68. The van der Waals surface area contributed by atoms with Crippen molar-refractivity contribution in [1.82, 2.24) is 4.90 Å². The number of benzene rings is 1. The summed E-state index contributed by atoms with van der Waals surface area (Å²) in [6, 6.07) is 9.76. The molecule has 2 rings (SSSR count). The van der Waals surface area contributed by atoms with Crippen molar-refractivity contribution in [2.45, 2.75) is 39.2 Å². The van der Waals surface area contributed by atoms with Crippen LogP contribution in [0.2, 0.25) is 0 Å². The summed E-state index contributed by atoms with van der Waals surface area (Å²) in [5.74, 6) is 0.677. The molecule has 0 aromatic heterocycles. The largest absolute Gasteiger partial charge is 0.444 e. The van der Waals surface area contributed by atoms with Crippen LogP contribution in [0.4, 0.5) is 4.79 Å². The Hall–Kier alpha value is -2.02. The van der Waals surface area contributed by atoms with Gasteiger partial charge in [-0.2, -0.15) is 5.26 Å². The minimum atomic E-state index is -0.465. The molecule has 4 nitrogen and oxygen atoms in total. The van der Waals surface area contributed by atoms with Crippen LogP contribution in [-0.2, 0) is 4.74 Å². The molecule has 1 aliphatic heterocycles. The number of hydrogen-bond acceptors (Lipinski definition) is 3. The van der Waals surface area contributed by atoms with Gasteiger partial charge in [0.25, 0.3) is 0 Å². The Morgan fingerprint density at radius 1 is 1.29 bits per heavy atom. The Morgan fingerprint density at radius 2 is 1.90 bits per heavy atom. The Bertz CT molecular complexity index is 552. The summed E-state index contributed by atoms with van der Waals surface area (Å²) >= 11 is 0. The summed E-state index contributed by atoms with van der Waals surface area (Å²) in [4.78, 5) is 13.9. The van der Waals surface area contributed by atoms with E-state index in [0.717, 1.165) is 0 Å². The number of amides is 1. The van der Waals surface area contributed by atoms with Gasteiger partial charge in [0, 0.05) is 19.0 Å². The molecule has 1 fully saturated rings. The van der Waals surface area contributed by atoms with E-state index in [4.69, 9.17) is 10.00 Å². The average molecular weight is 286 g/mol. The lowest BCUT2D eigenvalue weighted by Crippen LogP contribution is -2.35. The Labute approximate surface area is 126 Å². The number of rotatable bonds is 1. The molecule has 4 heteroatoms. The summed E-state index contributed by atoms with van der Waals surface area (Å²) in [6.07, 6.45) is -0.245. The van der Waals surface area contributed by atoms with Crippen molar-refractivity contribution >= 4 is 6.09 Å². The molecule has 1 saturated heterocycles. The summed E-state index contributed by atoms with van der Waals surface area (Å²) in [5.41, 5.74) is 1.37.